The lowest BCUT2D eigenvalue weighted by Crippen LogP contribution is -2.28. The monoisotopic (exact) mass is 247 g/mol. The highest BCUT2D eigenvalue weighted by Crippen LogP contribution is 2.23. The van der Waals surface area contributed by atoms with E-state index in [1.165, 1.54) is 12.0 Å². The lowest BCUT2D eigenvalue weighted by atomic mass is 10.1. The van der Waals surface area contributed by atoms with Gasteiger partial charge in [0.05, 0.1) is 13.7 Å². The zero-order chi connectivity index (χ0) is 13.1. The maximum atomic E-state index is 11.5. The highest BCUT2D eigenvalue weighted by molar-refractivity contribution is 6.01. The molecule has 5 heteroatoms. The van der Waals surface area contributed by atoms with Crippen molar-refractivity contribution in [3.8, 4) is 5.75 Å². The van der Waals surface area contributed by atoms with Gasteiger partial charge in [0.15, 0.2) is 0 Å². The highest BCUT2D eigenvalue weighted by atomic mass is 16.5. The number of benzene rings is 1. The number of methoxy groups -OCH3 is 1. The van der Waals surface area contributed by atoms with Crippen LogP contribution in [0.2, 0.25) is 0 Å². The summed E-state index contributed by atoms with van der Waals surface area (Å²) in [7, 11) is 1.51. The first kappa shape index (κ1) is 12.3. The summed E-state index contributed by atoms with van der Waals surface area (Å²) in [4.78, 5) is 35.0. The fourth-order valence-electron chi connectivity index (χ4n) is 1.96. The second kappa shape index (κ2) is 5.00. The molecular formula is C13H13NO4. The van der Waals surface area contributed by atoms with Crippen molar-refractivity contribution in [1.82, 2.24) is 4.90 Å². The van der Waals surface area contributed by atoms with Gasteiger partial charge in [-0.2, -0.15) is 0 Å². The van der Waals surface area contributed by atoms with Gasteiger partial charge in [0.1, 0.15) is 12.0 Å². The summed E-state index contributed by atoms with van der Waals surface area (Å²) in [6.07, 6.45) is 1.24. The van der Waals surface area contributed by atoms with E-state index in [0.29, 0.717) is 16.9 Å². The van der Waals surface area contributed by atoms with Crippen molar-refractivity contribution in [2.45, 2.75) is 19.4 Å². The predicted molar refractivity (Wildman–Crippen MR) is 63.2 cm³/mol. The molecule has 1 saturated heterocycles. The van der Waals surface area contributed by atoms with Gasteiger partial charge in [0.25, 0.3) is 0 Å². The Bertz CT molecular complexity index is 494. The third kappa shape index (κ3) is 2.25. The molecule has 5 nitrogen and oxygen atoms in total. The molecule has 0 radical (unpaired) electrons. The normalized spacial score (nSPS) is 15.1. The minimum Gasteiger partial charge on any atom is -0.496 e. The van der Waals surface area contributed by atoms with E-state index in [1.54, 1.807) is 18.2 Å². The van der Waals surface area contributed by atoms with Crippen LogP contribution in [0.1, 0.15) is 28.8 Å². The number of ether oxygens (including phenoxy) is 1. The number of nitrogens with zero attached hydrogens (tertiary/aromatic N) is 1. The van der Waals surface area contributed by atoms with Crippen LogP contribution in [0.3, 0.4) is 0 Å². The number of rotatable bonds is 4. The summed E-state index contributed by atoms with van der Waals surface area (Å²) < 4.78 is 5.16. The molecule has 94 valence electrons. The van der Waals surface area contributed by atoms with Gasteiger partial charge in [-0.25, -0.2) is 0 Å². The van der Waals surface area contributed by atoms with Crippen LogP contribution in [-0.2, 0) is 16.1 Å². The summed E-state index contributed by atoms with van der Waals surface area (Å²) >= 11 is 0. The molecule has 0 saturated carbocycles. The molecule has 0 atom stereocenters. The Labute approximate surface area is 104 Å². The molecule has 0 aromatic heterocycles. The van der Waals surface area contributed by atoms with Crippen molar-refractivity contribution in [2.75, 3.05) is 7.11 Å². The maximum Gasteiger partial charge on any atom is 0.230 e. The predicted octanol–water partition coefficient (Wildman–Crippen LogP) is 1.16. The van der Waals surface area contributed by atoms with Crippen LogP contribution in [0, 0.1) is 0 Å². The summed E-state index contributed by atoms with van der Waals surface area (Å²) in [6.45, 7) is 0.155. The Balaban J connectivity index is 2.29. The second-order valence-corrected chi connectivity index (χ2v) is 4.06. The van der Waals surface area contributed by atoms with Gasteiger partial charge in [0, 0.05) is 24.0 Å². The molecular weight excluding hydrogens is 234 g/mol. The molecule has 0 spiro atoms. The van der Waals surface area contributed by atoms with E-state index in [1.807, 2.05) is 0 Å². The van der Waals surface area contributed by atoms with Crippen molar-refractivity contribution in [2.24, 2.45) is 0 Å². The van der Waals surface area contributed by atoms with Gasteiger partial charge >= 0.3 is 0 Å². The van der Waals surface area contributed by atoms with E-state index in [-0.39, 0.29) is 31.2 Å². The number of carbonyl (C=O) groups excluding carboxylic acids is 3. The van der Waals surface area contributed by atoms with Crippen molar-refractivity contribution < 1.29 is 19.1 Å². The smallest absolute Gasteiger partial charge is 0.230 e. The molecule has 0 aliphatic carbocycles. The highest BCUT2D eigenvalue weighted by Gasteiger charge is 2.29. The van der Waals surface area contributed by atoms with Crippen LogP contribution < -0.4 is 4.74 Å². The molecule has 1 aromatic carbocycles. The second-order valence-electron chi connectivity index (χ2n) is 4.06. The summed E-state index contributed by atoms with van der Waals surface area (Å²) in [5.41, 5.74) is 1.15. The zero-order valence-corrected chi connectivity index (χ0v) is 10.0. The van der Waals surface area contributed by atoms with Gasteiger partial charge in [-0.15, -0.1) is 0 Å². The summed E-state index contributed by atoms with van der Waals surface area (Å²) in [6, 6.07) is 4.91. The average molecular weight is 247 g/mol. The maximum absolute atomic E-state index is 11.5. The third-order valence-electron chi connectivity index (χ3n) is 2.92. The number of aldehydes is 1. The molecule has 18 heavy (non-hydrogen) atoms. The number of carbonyl (C=O) groups is 3. The number of likely N-dealkylation sites (tertiary alicyclic amines) is 1. The molecule has 1 heterocycles. The fraction of sp³-hybridized carbons (Fsp3) is 0.308. The van der Waals surface area contributed by atoms with Gasteiger partial charge in [-0.1, -0.05) is 0 Å². The van der Waals surface area contributed by atoms with E-state index in [0.717, 1.165) is 6.29 Å². The van der Waals surface area contributed by atoms with E-state index < -0.39 is 0 Å². The van der Waals surface area contributed by atoms with Crippen LogP contribution in [0.15, 0.2) is 18.2 Å². The van der Waals surface area contributed by atoms with Crippen LogP contribution in [0.25, 0.3) is 0 Å². The van der Waals surface area contributed by atoms with Crippen molar-refractivity contribution in [1.29, 1.82) is 0 Å². The van der Waals surface area contributed by atoms with Crippen molar-refractivity contribution in [3.63, 3.8) is 0 Å². The minimum absolute atomic E-state index is 0.155. The quantitative estimate of drug-likeness (QED) is 0.591. The summed E-state index contributed by atoms with van der Waals surface area (Å²) in [5.74, 6) is 0.199. The van der Waals surface area contributed by atoms with Crippen LogP contribution >= 0.6 is 0 Å². The lowest BCUT2D eigenvalue weighted by Gasteiger charge is -2.16. The molecule has 0 unspecified atom stereocenters. The molecule has 1 aliphatic heterocycles. The standard InChI is InChI=1S/C13H13NO4/c1-18-11-3-2-9(8-15)6-10(11)7-14-12(16)4-5-13(14)17/h2-3,6,8H,4-5,7H2,1H3. The number of hydrogen-bond donors (Lipinski definition) is 0. The van der Waals surface area contributed by atoms with Gasteiger partial charge in [-0.05, 0) is 18.2 Å². The fourth-order valence-corrected chi connectivity index (χ4v) is 1.96. The first-order chi connectivity index (χ1) is 8.65. The van der Waals surface area contributed by atoms with Crippen molar-refractivity contribution >= 4 is 18.1 Å². The first-order valence-electron chi connectivity index (χ1n) is 5.61. The first-order valence-corrected chi connectivity index (χ1v) is 5.61. The largest absolute Gasteiger partial charge is 0.496 e. The van der Waals surface area contributed by atoms with E-state index in [4.69, 9.17) is 4.74 Å². The third-order valence-corrected chi connectivity index (χ3v) is 2.92. The average Bonchev–Trinajstić information content (AvgIpc) is 2.70. The topological polar surface area (TPSA) is 63.7 Å². The number of imide groups is 1. The Morgan fingerprint density at radius 2 is 1.94 bits per heavy atom. The minimum atomic E-state index is -0.182. The van der Waals surface area contributed by atoms with Crippen LogP contribution in [0.4, 0.5) is 0 Å². The zero-order valence-electron chi connectivity index (χ0n) is 10.0. The molecule has 2 rings (SSSR count). The SMILES string of the molecule is COc1ccc(C=O)cc1CN1C(=O)CCC1=O. The van der Waals surface area contributed by atoms with Crippen LogP contribution in [-0.4, -0.2) is 30.1 Å². The molecule has 1 aromatic rings. The molecule has 0 N–H and O–H groups in total. The molecule has 0 bridgehead atoms. The number of hydrogen-bond acceptors (Lipinski definition) is 4. The van der Waals surface area contributed by atoms with E-state index in [2.05, 4.69) is 0 Å². The Hall–Kier alpha value is -2.17. The van der Waals surface area contributed by atoms with E-state index >= 15 is 0 Å². The van der Waals surface area contributed by atoms with Gasteiger partial charge < -0.3 is 4.74 Å². The molecule has 1 fully saturated rings. The Morgan fingerprint density at radius 1 is 1.28 bits per heavy atom. The molecule has 1 aliphatic rings. The lowest BCUT2D eigenvalue weighted by molar-refractivity contribution is -0.139. The van der Waals surface area contributed by atoms with E-state index in [9.17, 15) is 14.4 Å². The van der Waals surface area contributed by atoms with Gasteiger partial charge in [-0.3, -0.25) is 19.3 Å². The van der Waals surface area contributed by atoms with Gasteiger partial charge in [0.2, 0.25) is 11.8 Å². The molecule has 2 amide bonds. The van der Waals surface area contributed by atoms with Crippen molar-refractivity contribution in [3.05, 3.63) is 29.3 Å². The number of amides is 2. The summed E-state index contributed by atoms with van der Waals surface area (Å²) in [5, 5.41) is 0. The van der Waals surface area contributed by atoms with Crippen LogP contribution in [0.5, 0.6) is 5.75 Å². The Morgan fingerprint density at radius 3 is 2.50 bits per heavy atom. The Kier molecular flexibility index (Phi) is 3.41.